The molecule has 140 valence electrons. The van der Waals surface area contributed by atoms with E-state index in [1.807, 2.05) is 0 Å². The molecule has 0 atom stereocenters. The fourth-order valence-corrected chi connectivity index (χ4v) is 6.82. The number of carbonyl (C=O) groups excluding carboxylic acids is 1. The van der Waals surface area contributed by atoms with Gasteiger partial charge in [-0.15, -0.1) is 11.3 Å². The van der Waals surface area contributed by atoms with E-state index in [-0.39, 0.29) is 11.8 Å². The molecule has 1 aliphatic heterocycles. The number of hydrogen-bond donors (Lipinski definition) is 1. The Morgan fingerprint density at radius 3 is 2.44 bits per heavy atom. The summed E-state index contributed by atoms with van der Waals surface area (Å²) in [5, 5.41) is 3.15. The van der Waals surface area contributed by atoms with Gasteiger partial charge < -0.3 is 5.32 Å². The number of hydrogen-bond acceptors (Lipinski definition) is 4. The second-order valence-corrected chi connectivity index (χ2v) is 10.9. The van der Waals surface area contributed by atoms with Crippen molar-refractivity contribution in [3.8, 4) is 0 Å². The van der Waals surface area contributed by atoms with Gasteiger partial charge in [0.2, 0.25) is 5.91 Å². The lowest BCUT2D eigenvalue weighted by molar-refractivity contribution is -0.123. The van der Waals surface area contributed by atoms with Crippen LogP contribution in [0.2, 0.25) is 4.34 Å². The molecular formula is C17H25ClN2O3S2. The maximum absolute atomic E-state index is 12.6. The molecule has 1 saturated carbocycles. The summed E-state index contributed by atoms with van der Waals surface area (Å²) >= 11 is 6.95. The highest BCUT2D eigenvalue weighted by molar-refractivity contribution is 7.91. The van der Waals surface area contributed by atoms with Crippen molar-refractivity contribution in [1.29, 1.82) is 0 Å². The van der Waals surface area contributed by atoms with E-state index in [2.05, 4.69) is 5.32 Å². The van der Waals surface area contributed by atoms with Crippen LogP contribution in [0.25, 0.3) is 0 Å². The topological polar surface area (TPSA) is 66.5 Å². The van der Waals surface area contributed by atoms with E-state index >= 15 is 0 Å². The molecule has 0 aromatic carbocycles. The Morgan fingerprint density at radius 1 is 1.16 bits per heavy atom. The van der Waals surface area contributed by atoms with Crippen LogP contribution in [0.4, 0.5) is 0 Å². The highest BCUT2D eigenvalue weighted by Crippen LogP contribution is 2.31. The summed E-state index contributed by atoms with van der Waals surface area (Å²) in [5.74, 6) is 0.389. The molecule has 5 nitrogen and oxygen atoms in total. The number of rotatable bonds is 5. The first-order valence-corrected chi connectivity index (χ1v) is 11.6. The van der Waals surface area contributed by atoms with E-state index in [0.717, 1.165) is 37.0 Å². The predicted octanol–water partition coefficient (Wildman–Crippen LogP) is 3.64. The molecule has 0 unspecified atom stereocenters. The van der Waals surface area contributed by atoms with Crippen molar-refractivity contribution in [2.75, 3.05) is 13.1 Å². The minimum absolute atomic E-state index is 0.123. The van der Waals surface area contributed by atoms with E-state index < -0.39 is 10.0 Å². The smallest absolute Gasteiger partial charge is 0.252 e. The third-order valence-corrected chi connectivity index (χ3v) is 8.76. The van der Waals surface area contributed by atoms with Gasteiger partial charge in [-0.2, -0.15) is 4.31 Å². The van der Waals surface area contributed by atoms with Crippen molar-refractivity contribution in [3.05, 3.63) is 16.5 Å². The average molecular weight is 405 g/mol. The number of halogens is 1. The normalized spacial score (nSPS) is 21.3. The fourth-order valence-electron chi connectivity index (χ4n) is 3.71. The van der Waals surface area contributed by atoms with Gasteiger partial charge in [0.25, 0.3) is 10.0 Å². The number of carbonyl (C=O) groups is 1. The zero-order valence-corrected chi connectivity index (χ0v) is 16.6. The molecule has 0 spiro atoms. The first kappa shape index (κ1) is 19.1. The van der Waals surface area contributed by atoms with E-state index in [1.54, 1.807) is 12.1 Å². The van der Waals surface area contributed by atoms with E-state index in [0.29, 0.717) is 34.1 Å². The van der Waals surface area contributed by atoms with Crippen LogP contribution in [-0.4, -0.2) is 37.8 Å². The number of nitrogens with one attached hydrogen (secondary N) is 1. The first-order valence-electron chi connectivity index (χ1n) is 9.00. The van der Waals surface area contributed by atoms with E-state index in [9.17, 15) is 13.2 Å². The molecule has 2 fully saturated rings. The zero-order chi connectivity index (χ0) is 17.9. The Hall–Kier alpha value is -0.630. The SMILES string of the molecule is O=C(CC1CCN(S(=O)(=O)c2ccc(Cl)s2)CC1)NC1CCCCC1. The van der Waals surface area contributed by atoms with Crippen LogP contribution in [0.5, 0.6) is 0 Å². The lowest BCUT2D eigenvalue weighted by atomic mass is 9.92. The van der Waals surface area contributed by atoms with Gasteiger partial charge in [-0.25, -0.2) is 8.42 Å². The lowest BCUT2D eigenvalue weighted by Crippen LogP contribution is -2.41. The van der Waals surface area contributed by atoms with Crippen molar-refractivity contribution < 1.29 is 13.2 Å². The van der Waals surface area contributed by atoms with Crippen molar-refractivity contribution in [2.24, 2.45) is 5.92 Å². The largest absolute Gasteiger partial charge is 0.353 e. The van der Waals surface area contributed by atoms with Gasteiger partial charge in [0.15, 0.2) is 0 Å². The van der Waals surface area contributed by atoms with Crippen LogP contribution in [0, 0.1) is 5.92 Å². The molecule has 2 heterocycles. The molecule has 2 aliphatic rings. The second-order valence-electron chi connectivity index (χ2n) is 7.01. The number of sulfonamides is 1. The minimum Gasteiger partial charge on any atom is -0.353 e. The third-order valence-electron chi connectivity index (χ3n) is 5.16. The van der Waals surface area contributed by atoms with Gasteiger partial charge in [0.1, 0.15) is 4.21 Å². The van der Waals surface area contributed by atoms with Gasteiger partial charge in [-0.1, -0.05) is 30.9 Å². The quantitative estimate of drug-likeness (QED) is 0.814. The summed E-state index contributed by atoms with van der Waals surface area (Å²) < 4.78 is 27.5. The summed E-state index contributed by atoms with van der Waals surface area (Å²) in [6.07, 6.45) is 7.83. The predicted molar refractivity (Wildman–Crippen MR) is 100 cm³/mol. The molecule has 1 N–H and O–H groups in total. The Bertz CT molecular complexity index is 691. The maximum Gasteiger partial charge on any atom is 0.252 e. The fraction of sp³-hybridized carbons (Fsp3) is 0.706. The van der Waals surface area contributed by atoms with Gasteiger partial charge in [0.05, 0.1) is 4.34 Å². The molecule has 1 amide bonds. The zero-order valence-electron chi connectivity index (χ0n) is 14.2. The minimum atomic E-state index is -3.45. The van der Waals surface area contributed by atoms with E-state index in [1.165, 1.54) is 23.6 Å². The summed E-state index contributed by atoms with van der Waals surface area (Å²) in [6.45, 7) is 0.943. The standard InChI is InChI=1S/C17H25ClN2O3S2/c18-15-6-7-17(24-15)25(22,23)20-10-8-13(9-11-20)12-16(21)19-14-4-2-1-3-5-14/h6-7,13-14H,1-5,8-12H2,(H,19,21). The van der Waals surface area contributed by atoms with Crippen LogP contribution < -0.4 is 5.32 Å². The van der Waals surface area contributed by atoms with Gasteiger partial charge >= 0.3 is 0 Å². The molecule has 1 aromatic heterocycles. The Kier molecular flexibility index (Phi) is 6.41. The van der Waals surface area contributed by atoms with Crippen LogP contribution >= 0.6 is 22.9 Å². The number of piperidine rings is 1. The van der Waals surface area contributed by atoms with Crippen molar-refractivity contribution in [3.63, 3.8) is 0 Å². The molecule has 8 heteroatoms. The molecule has 0 radical (unpaired) electrons. The molecular weight excluding hydrogens is 380 g/mol. The molecule has 0 bridgehead atoms. The summed E-state index contributed by atoms with van der Waals surface area (Å²) in [4.78, 5) is 12.2. The van der Waals surface area contributed by atoms with Gasteiger partial charge in [-0.3, -0.25) is 4.79 Å². The maximum atomic E-state index is 12.6. The van der Waals surface area contributed by atoms with Gasteiger partial charge in [0, 0.05) is 25.6 Å². The third kappa shape index (κ3) is 4.96. The molecule has 1 aliphatic carbocycles. The lowest BCUT2D eigenvalue weighted by Gasteiger charge is -2.31. The molecule has 3 rings (SSSR count). The molecule has 25 heavy (non-hydrogen) atoms. The van der Waals surface area contributed by atoms with Crippen LogP contribution in [0.1, 0.15) is 51.4 Å². The number of amides is 1. The second kappa shape index (κ2) is 8.37. The Balaban J connectivity index is 1.47. The number of thiophene rings is 1. The average Bonchev–Trinajstić information content (AvgIpc) is 3.03. The van der Waals surface area contributed by atoms with Crippen molar-refractivity contribution >= 4 is 38.9 Å². The Labute approximate surface area is 158 Å². The van der Waals surface area contributed by atoms with Crippen LogP contribution in [0.3, 0.4) is 0 Å². The number of nitrogens with zero attached hydrogens (tertiary/aromatic N) is 1. The van der Waals surface area contributed by atoms with Crippen molar-refractivity contribution in [1.82, 2.24) is 9.62 Å². The highest BCUT2D eigenvalue weighted by atomic mass is 35.5. The van der Waals surface area contributed by atoms with Crippen LogP contribution in [-0.2, 0) is 14.8 Å². The highest BCUT2D eigenvalue weighted by Gasteiger charge is 2.31. The van der Waals surface area contributed by atoms with Gasteiger partial charge in [-0.05, 0) is 43.7 Å². The monoisotopic (exact) mass is 404 g/mol. The first-order chi connectivity index (χ1) is 11.9. The van der Waals surface area contributed by atoms with Crippen LogP contribution in [0.15, 0.2) is 16.3 Å². The summed E-state index contributed by atoms with van der Waals surface area (Å²) in [5.41, 5.74) is 0. The van der Waals surface area contributed by atoms with Crippen molar-refractivity contribution in [2.45, 2.75) is 61.6 Å². The Morgan fingerprint density at radius 2 is 1.84 bits per heavy atom. The van der Waals surface area contributed by atoms with E-state index in [4.69, 9.17) is 11.6 Å². The molecule has 1 saturated heterocycles. The summed E-state index contributed by atoms with van der Waals surface area (Å²) in [7, 11) is -3.45. The summed E-state index contributed by atoms with van der Waals surface area (Å²) in [6, 6.07) is 3.51. The molecule has 1 aromatic rings.